The van der Waals surface area contributed by atoms with E-state index in [-0.39, 0.29) is 30.5 Å². The number of aromatic nitrogens is 4. The molecule has 1 aliphatic heterocycles. The zero-order chi connectivity index (χ0) is 19.3. The lowest BCUT2D eigenvalue weighted by molar-refractivity contribution is -0.221. The predicted octanol–water partition coefficient (Wildman–Crippen LogP) is 2.03. The number of fused-ring (bicyclic) bond motifs is 2. The maximum atomic E-state index is 6.64. The van der Waals surface area contributed by atoms with Crippen LogP contribution in [0.3, 0.4) is 0 Å². The van der Waals surface area contributed by atoms with E-state index in [9.17, 15) is 0 Å². The minimum Gasteiger partial charge on any atom is -0.382 e. The summed E-state index contributed by atoms with van der Waals surface area (Å²) in [6, 6.07) is 0.0170. The largest absolute Gasteiger partial charge is 0.382 e. The highest BCUT2D eigenvalue weighted by Gasteiger charge is 2.59. The number of ether oxygens (including phenoxy) is 4. The van der Waals surface area contributed by atoms with Crippen molar-refractivity contribution in [3.05, 3.63) is 12.7 Å². The molecule has 0 unspecified atom stereocenters. The summed E-state index contributed by atoms with van der Waals surface area (Å²) in [6.45, 7) is 0. The van der Waals surface area contributed by atoms with Gasteiger partial charge in [-0.2, -0.15) is 0 Å². The highest BCUT2D eigenvalue weighted by molar-refractivity contribution is 5.81. The molecule has 1 spiro atoms. The topological polar surface area (TPSA) is 107 Å². The fourth-order valence-electron chi connectivity index (χ4n) is 5.26. The summed E-state index contributed by atoms with van der Waals surface area (Å²) in [6.07, 6.45) is 8.85. The first-order valence-electron chi connectivity index (χ1n) is 10.00. The molecule has 2 aromatic rings. The summed E-state index contributed by atoms with van der Waals surface area (Å²) in [5.41, 5.74) is 7.32. The van der Waals surface area contributed by atoms with Gasteiger partial charge in [0.05, 0.1) is 18.5 Å². The van der Waals surface area contributed by atoms with E-state index in [4.69, 9.17) is 24.7 Å². The molecule has 4 atom stereocenters. The van der Waals surface area contributed by atoms with Gasteiger partial charge in [-0.1, -0.05) is 6.42 Å². The molecule has 9 heteroatoms. The average Bonchev–Trinajstić information content (AvgIpc) is 3.37. The van der Waals surface area contributed by atoms with Crippen molar-refractivity contribution in [1.29, 1.82) is 0 Å². The SMILES string of the molecule is COC(OC)[C@H]1C[C@@H](n2cnc3c(N)ncnc32)[C@@H]2OC3(CCCCC3)O[C@@H]21. The Kier molecular flexibility index (Phi) is 4.50. The third-order valence-electron chi connectivity index (χ3n) is 6.51. The van der Waals surface area contributed by atoms with Crippen LogP contribution in [0.5, 0.6) is 0 Å². The monoisotopic (exact) mass is 389 g/mol. The highest BCUT2D eigenvalue weighted by atomic mass is 16.8. The van der Waals surface area contributed by atoms with Crippen LogP contribution in [0.2, 0.25) is 0 Å². The molecule has 3 aliphatic rings. The summed E-state index contributed by atoms with van der Waals surface area (Å²) in [5, 5.41) is 0. The van der Waals surface area contributed by atoms with E-state index in [0.29, 0.717) is 11.3 Å². The van der Waals surface area contributed by atoms with Crippen LogP contribution in [0.4, 0.5) is 5.82 Å². The van der Waals surface area contributed by atoms with Crippen LogP contribution in [0, 0.1) is 5.92 Å². The molecule has 2 N–H and O–H groups in total. The lowest BCUT2D eigenvalue weighted by atomic mass is 9.94. The number of rotatable bonds is 4. The molecule has 5 rings (SSSR count). The van der Waals surface area contributed by atoms with Gasteiger partial charge in [0, 0.05) is 33.0 Å². The molecule has 0 amide bonds. The molecule has 152 valence electrons. The fourth-order valence-corrected chi connectivity index (χ4v) is 5.26. The van der Waals surface area contributed by atoms with Crippen LogP contribution in [-0.4, -0.2) is 58.0 Å². The predicted molar refractivity (Wildman–Crippen MR) is 100 cm³/mol. The number of methoxy groups -OCH3 is 2. The fraction of sp³-hybridized carbons (Fsp3) is 0.737. The Morgan fingerprint density at radius 2 is 1.86 bits per heavy atom. The van der Waals surface area contributed by atoms with Crippen molar-refractivity contribution in [3.63, 3.8) is 0 Å². The molecule has 2 aliphatic carbocycles. The van der Waals surface area contributed by atoms with Gasteiger partial charge in [0.15, 0.2) is 23.5 Å². The maximum absolute atomic E-state index is 6.64. The second-order valence-electron chi connectivity index (χ2n) is 8.03. The number of hydrogen-bond acceptors (Lipinski definition) is 8. The van der Waals surface area contributed by atoms with Crippen LogP contribution >= 0.6 is 0 Å². The van der Waals surface area contributed by atoms with Gasteiger partial charge in [-0.3, -0.25) is 0 Å². The maximum Gasteiger partial charge on any atom is 0.169 e. The first-order valence-corrected chi connectivity index (χ1v) is 10.00. The normalized spacial score (nSPS) is 31.8. The lowest BCUT2D eigenvalue weighted by Crippen LogP contribution is -2.38. The number of nitrogens with zero attached hydrogens (tertiary/aromatic N) is 4. The minimum atomic E-state index is -0.485. The Morgan fingerprint density at radius 1 is 1.11 bits per heavy atom. The van der Waals surface area contributed by atoms with Crippen LogP contribution in [0.1, 0.15) is 44.6 Å². The third kappa shape index (κ3) is 2.72. The molecule has 2 aromatic heterocycles. The van der Waals surface area contributed by atoms with Crippen molar-refractivity contribution in [2.24, 2.45) is 5.92 Å². The van der Waals surface area contributed by atoms with E-state index in [2.05, 4.69) is 19.5 Å². The lowest BCUT2D eigenvalue weighted by Gasteiger charge is -2.34. The quantitative estimate of drug-likeness (QED) is 0.792. The van der Waals surface area contributed by atoms with Crippen LogP contribution < -0.4 is 5.73 Å². The van der Waals surface area contributed by atoms with Gasteiger partial charge < -0.3 is 29.2 Å². The van der Waals surface area contributed by atoms with Crippen LogP contribution in [0.25, 0.3) is 11.2 Å². The summed E-state index contributed by atoms with van der Waals surface area (Å²) in [7, 11) is 3.34. The van der Waals surface area contributed by atoms with Crippen LogP contribution in [0.15, 0.2) is 12.7 Å². The number of nitrogen functional groups attached to an aromatic ring is 1. The van der Waals surface area contributed by atoms with Crippen molar-refractivity contribution in [1.82, 2.24) is 19.5 Å². The summed E-state index contributed by atoms with van der Waals surface area (Å²) < 4.78 is 26.5. The van der Waals surface area contributed by atoms with E-state index >= 15 is 0 Å². The van der Waals surface area contributed by atoms with Gasteiger partial charge in [-0.15, -0.1) is 0 Å². The van der Waals surface area contributed by atoms with E-state index < -0.39 is 5.79 Å². The Bertz CT molecular complexity index is 848. The van der Waals surface area contributed by atoms with Gasteiger partial charge in [-0.25, -0.2) is 15.0 Å². The second-order valence-corrected chi connectivity index (χ2v) is 8.03. The number of nitrogens with two attached hydrogens (primary N) is 1. The second kappa shape index (κ2) is 6.91. The Labute approximate surface area is 163 Å². The van der Waals surface area contributed by atoms with Gasteiger partial charge in [-0.05, 0) is 19.3 Å². The number of hydrogen-bond donors (Lipinski definition) is 1. The zero-order valence-electron chi connectivity index (χ0n) is 16.3. The van der Waals surface area contributed by atoms with E-state index in [1.54, 1.807) is 20.5 Å². The van der Waals surface area contributed by atoms with Crippen molar-refractivity contribution >= 4 is 17.0 Å². The molecule has 1 saturated heterocycles. The highest BCUT2D eigenvalue weighted by Crippen LogP contribution is 2.52. The smallest absolute Gasteiger partial charge is 0.169 e. The van der Waals surface area contributed by atoms with Gasteiger partial charge in [0.1, 0.15) is 17.9 Å². The van der Waals surface area contributed by atoms with Crippen LogP contribution in [-0.2, 0) is 18.9 Å². The standard InChI is InChI=1S/C19H27N5O4/c1-25-18(26-2)11-8-12(24-10-23-13-16(20)21-9-22-17(13)24)15-14(11)27-19(28-15)6-4-3-5-7-19/h9-12,14-15,18H,3-8H2,1-2H3,(H2,20,21,22)/t11-,12+,14+,15-/m0/s1. The number of anilines is 1. The molecular formula is C19H27N5O4. The summed E-state index contributed by atoms with van der Waals surface area (Å²) in [5.74, 6) is -0.0437. The Morgan fingerprint density at radius 3 is 2.61 bits per heavy atom. The number of imidazole rings is 1. The van der Waals surface area contributed by atoms with E-state index in [0.717, 1.165) is 37.8 Å². The molecule has 3 heterocycles. The minimum absolute atomic E-state index is 0.0170. The first-order chi connectivity index (χ1) is 13.7. The Balaban J connectivity index is 1.53. The molecule has 2 saturated carbocycles. The molecule has 9 nitrogen and oxygen atoms in total. The average molecular weight is 389 g/mol. The van der Waals surface area contributed by atoms with Crippen molar-refractivity contribution in [2.45, 2.75) is 68.9 Å². The van der Waals surface area contributed by atoms with Crippen molar-refractivity contribution in [3.8, 4) is 0 Å². The third-order valence-corrected chi connectivity index (χ3v) is 6.51. The molecular weight excluding hydrogens is 362 g/mol. The Hall–Kier alpha value is -1.81. The molecule has 28 heavy (non-hydrogen) atoms. The molecule has 0 bridgehead atoms. The zero-order valence-corrected chi connectivity index (χ0v) is 16.3. The summed E-state index contributed by atoms with van der Waals surface area (Å²) >= 11 is 0. The van der Waals surface area contributed by atoms with Gasteiger partial charge in [0.2, 0.25) is 0 Å². The molecule has 0 radical (unpaired) electrons. The molecule has 3 fully saturated rings. The van der Waals surface area contributed by atoms with Crippen molar-refractivity contribution < 1.29 is 18.9 Å². The van der Waals surface area contributed by atoms with Gasteiger partial charge >= 0.3 is 0 Å². The molecule has 0 aromatic carbocycles. The van der Waals surface area contributed by atoms with Gasteiger partial charge in [0.25, 0.3) is 0 Å². The van der Waals surface area contributed by atoms with Crippen molar-refractivity contribution in [2.75, 3.05) is 20.0 Å². The van der Waals surface area contributed by atoms with E-state index in [1.165, 1.54) is 12.7 Å². The van der Waals surface area contributed by atoms with E-state index in [1.807, 2.05) is 0 Å². The first kappa shape index (κ1) is 18.2. The summed E-state index contributed by atoms with van der Waals surface area (Å²) in [4.78, 5) is 12.9.